The number of halogens is 5. The zero-order valence-corrected chi connectivity index (χ0v) is 12.6. The van der Waals surface area contributed by atoms with Crippen molar-refractivity contribution in [2.75, 3.05) is 0 Å². The van der Waals surface area contributed by atoms with Gasteiger partial charge >= 0.3 is 6.18 Å². The Kier molecular flexibility index (Phi) is 3.47. The van der Waals surface area contributed by atoms with Crippen LogP contribution in [-0.2, 0) is 6.18 Å². The SMILES string of the molecule is C=Cc1c(C)nn2c1-c1cc(C(F)(F)F)c(F)cc1C=C=C2Cl. The molecule has 2 aromatic rings. The minimum absolute atomic E-state index is 0.0707. The second-order valence-electron chi connectivity index (χ2n) is 4.96. The molecule has 2 nitrogen and oxygen atoms in total. The number of benzene rings is 1. The smallest absolute Gasteiger partial charge is 0.213 e. The minimum Gasteiger partial charge on any atom is -0.213 e. The topological polar surface area (TPSA) is 17.8 Å². The van der Waals surface area contributed by atoms with Gasteiger partial charge in [0.2, 0.25) is 0 Å². The minimum atomic E-state index is -4.80. The van der Waals surface area contributed by atoms with Crippen molar-refractivity contribution in [3.8, 4) is 11.3 Å². The molecular formula is C16H9ClF4N2. The molecule has 2 heterocycles. The molecule has 0 saturated heterocycles. The van der Waals surface area contributed by atoms with Crippen molar-refractivity contribution in [2.45, 2.75) is 13.1 Å². The predicted molar refractivity (Wildman–Crippen MR) is 81.0 cm³/mol. The normalized spacial score (nSPS) is 13.2. The summed E-state index contributed by atoms with van der Waals surface area (Å²) in [5.74, 6) is -1.35. The van der Waals surface area contributed by atoms with Crippen LogP contribution in [0, 0.1) is 12.7 Å². The van der Waals surface area contributed by atoms with Crippen LogP contribution in [0.3, 0.4) is 0 Å². The van der Waals surface area contributed by atoms with Crippen molar-refractivity contribution in [3.05, 3.63) is 52.6 Å². The Morgan fingerprint density at radius 3 is 2.65 bits per heavy atom. The fourth-order valence-corrected chi connectivity index (χ4v) is 2.69. The average molecular weight is 341 g/mol. The monoisotopic (exact) mass is 340 g/mol. The van der Waals surface area contributed by atoms with Crippen LogP contribution in [0.4, 0.5) is 17.6 Å². The van der Waals surface area contributed by atoms with E-state index in [4.69, 9.17) is 11.6 Å². The molecule has 0 fully saturated rings. The van der Waals surface area contributed by atoms with Crippen molar-refractivity contribution < 1.29 is 17.6 Å². The highest BCUT2D eigenvalue weighted by Crippen LogP contribution is 2.40. The molecule has 0 spiro atoms. The molecule has 1 aliphatic rings. The molecule has 0 saturated carbocycles. The van der Waals surface area contributed by atoms with Crippen LogP contribution in [0.1, 0.15) is 22.4 Å². The van der Waals surface area contributed by atoms with E-state index >= 15 is 0 Å². The standard InChI is InChI=1S/C16H9ClF4N2/c1-3-10-8(2)22-23-14(17)5-4-9-6-13(18)12(16(19,20)21)7-11(9)15(10)23/h3-4,6-7H,1H2,2H3. The maximum atomic E-state index is 13.8. The molecule has 118 valence electrons. The van der Waals surface area contributed by atoms with Crippen molar-refractivity contribution in [1.82, 2.24) is 9.78 Å². The summed E-state index contributed by atoms with van der Waals surface area (Å²) in [4.78, 5) is 0. The number of hydrogen-bond acceptors (Lipinski definition) is 1. The van der Waals surface area contributed by atoms with Gasteiger partial charge in [-0.05, 0) is 30.7 Å². The van der Waals surface area contributed by atoms with E-state index in [1.54, 1.807) is 6.92 Å². The first-order valence-corrected chi connectivity index (χ1v) is 6.87. The summed E-state index contributed by atoms with van der Waals surface area (Å²) in [7, 11) is 0. The Hall–Kier alpha value is -2.30. The van der Waals surface area contributed by atoms with Gasteiger partial charge in [0.15, 0.2) is 5.16 Å². The third-order valence-electron chi connectivity index (χ3n) is 3.54. The molecule has 1 aliphatic heterocycles. The molecule has 23 heavy (non-hydrogen) atoms. The highest BCUT2D eigenvalue weighted by molar-refractivity contribution is 6.45. The van der Waals surface area contributed by atoms with Crippen LogP contribution in [0.25, 0.3) is 28.6 Å². The van der Waals surface area contributed by atoms with E-state index in [1.807, 2.05) is 0 Å². The van der Waals surface area contributed by atoms with Crippen molar-refractivity contribution >= 4 is 28.9 Å². The predicted octanol–water partition coefficient (Wildman–Crippen LogP) is 5.32. The van der Waals surface area contributed by atoms with Crippen LogP contribution < -0.4 is 0 Å². The number of alkyl halides is 3. The van der Waals surface area contributed by atoms with Gasteiger partial charge in [-0.3, -0.25) is 0 Å². The number of rotatable bonds is 1. The molecule has 0 atom stereocenters. The van der Waals surface area contributed by atoms with E-state index < -0.39 is 17.6 Å². The third kappa shape index (κ3) is 2.40. The van der Waals surface area contributed by atoms with Gasteiger partial charge < -0.3 is 0 Å². The second-order valence-corrected chi connectivity index (χ2v) is 5.32. The summed E-state index contributed by atoms with van der Waals surface area (Å²) in [5, 5.41) is 4.27. The number of hydrogen-bond donors (Lipinski definition) is 0. The fourth-order valence-electron chi connectivity index (χ4n) is 2.51. The van der Waals surface area contributed by atoms with Gasteiger partial charge in [-0.2, -0.15) is 18.3 Å². The Morgan fingerprint density at radius 2 is 2.04 bits per heavy atom. The van der Waals surface area contributed by atoms with Gasteiger partial charge in [-0.25, -0.2) is 9.07 Å². The quantitative estimate of drug-likeness (QED) is 0.507. The molecule has 1 aromatic heterocycles. The lowest BCUT2D eigenvalue weighted by atomic mass is 9.97. The largest absolute Gasteiger partial charge is 0.419 e. The van der Waals surface area contributed by atoms with Crippen LogP contribution in [-0.4, -0.2) is 9.78 Å². The lowest BCUT2D eigenvalue weighted by molar-refractivity contribution is -0.139. The van der Waals surface area contributed by atoms with Crippen molar-refractivity contribution in [1.29, 1.82) is 0 Å². The molecule has 0 amide bonds. The number of nitrogens with zero attached hydrogens (tertiary/aromatic N) is 2. The second kappa shape index (κ2) is 5.11. The summed E-state index contributed by atoms with van der Waals surface area (Å²) in [6, 6.07) is 1.58. The first kappa shape index (κ1) is 15.6. The highest BCUT2D eigenvalue weighted by atomic mass is 35.5. The van der Waals surface area contributed by atoms with Crippen LogP contribution >= 0.6 is 11.6 Å². The number of aryl methyl sites for hydroxylation is 1. The van der Waals surface area contributed by atoms with Crippen LogP contribution in [0.2, 0.25) is 0 Å². The zero-order chi connectivity index (χ0) is 16.9. The number of fused-ring (bicyclic) bond motifs is 3. The lowest BCUT2D eigenvalue weighted by Crippen LogP contribution is -2.09. The molecule has 0 radical (unpaired) electrons. The van der Waals surface area contributed by atoms with Crippen LogP contribution in [0.5, 0.6) is 0 Å². The first-order valence-electron chi connectivity index (χ1n) is 6.49. The maximum absolute atomic E-state index is 13.8. The number of aromatic nitrogens is 2. The van der Waals surface area contributed by atoms with Crippen molar-refractivity contribution in [2.24, 2.45) is 0 Å². The fraction of sp³-hybridized carbons (Fsp3) is 0.125. The molecule has 0 N–H and O–H groups in total. The molecular weight excluding hydrogens is 332 g/mol. The van der Waals surface area contributed by atoms with Gasteiger partial charge in [0.25, 0.3) is 0 Å². The average Bonchev–Trinajstić information content (AvgIpc) is 2.73. The first-order chi connectivity index (χ1) is 10.7. The summed E-state index contributed by atoms with van der Waals surface area (Å²) in [5.41, 5.74) is 3.13. The zero-order valence-electron chi connectivity index (χ0n) is 11.8. The Labute approximate surface area is 134 Å². The van der Waals surface area contributed by atoms with E-state index in [0.717, 1.165) is 12.1 Å². The van der Waals surface area contributed by atoms with Gasteiger partial charge in [0, 0.05) is 11.1 Å². The Balaban J connectivity index is 2.43. The van der Waals surface area contributed by atoms with E-state index in [2.05, 4.69) is 17.4 Å². The van der Waals surface area contributed by atoms with E-state index in [0.29, 0.717) is 17.0 Å². The Morgan fingerprint density at radius 1 is 1.35 bits per heavy atom. The Bertz CT molecular complexity index is 900. The summed E-state index contributed by atoms with van der Waals surface area (Å²) in [6.45, 7) is 5.34. The van der Waals surface area contributed by atoms with Crippen molar-refractivity contribution in [3.63, 3.8) is 0 Å². The molecule has 7 heteroatoms. The van der Waals surface area contributed by atoms with Gasteiger partial charge in [-0.15, -0.1) is 0 Å². The molecule has 0 unspecified atom stereocenters. The van der Waals surface area contributed by atoms with E-state index in [1.165, 1.54) is 16.8 Å². The van der Waals surface area contributed by atoms with Gasteiger partial charge in [0.05, 0.1) is 17.0 Å². The molecule has 0 bridgehead atoms. The molecule has 1 aromatic carbocycles. The summed E-state index contributed by atoms with van der Waals surface area (Å²) in [6.07, 6.45) is -2.00. The van der Waals surface area contributed by atoms with Gasteiger partial charge in [0.1, 0.15) is 5.82 Å². The lowest BCUT2D eigenvalue weighted by Gasteiger charge is -2.13. The van der Waals surface area contributed by atoms with Gasteiger partial charge in [-0.1, -0.05) is 30.0 Å². The van der Waals surface area contributed by atoms with E-state index in [9.17, 15) is 17.6 Å². The van der Waals surface area contributed by atoms with Crippen LogP contribution in [0.15, 0.2) is 24.4 Å². The molecule has 3 rings (SSSR count). The van der Waals surface area contributed by atoms with E-state index in [-0.39, 0.29) is 16.3 Å². The molecule has 0 aliphatic carbocycles. The highest BCUT2D eigenvalue weighted by Gasteiger charge is 2.36. The summed E-state index contributed by atoms with van der Waals surface area (Å²) < 4.78 is 54.2. The third-order valence-corrected chi connectivity index (χ3v) is 3.81. The maximum Gasteiger partial charge on any atom is 0.419 e. The summed E-state index contributed by atoms with van der Waals surface area (Å²) >= 11 is 6.08.